The van der Waals surface area contributed by atoms with E-state index in [1.807, 2.05) is 72.8 Å². The van der Waals surface area contributed by atoms with Crippen LogP contribution in [0, 0.1) is 6.92 Å². The predicted molar refractivity (Wildman–Crippen MR) is 119 cm³/mol. The molecule has 0 bridgehead atoms. The first-order chi connectivity index (χ1) is 14.6. The fourth-order valence-corrected chi connectivity index (χ4v) is 3.73. The second-order valence-electron chi connectivity index (χ2n) is 6.98. The van der Waals surface area contributed by atoms with Gasteiger partial charge in [-0.05, 0) is 23.9 Å². The normalized spacial score (nSPS) is 10.9. The van der Waals surface area contributed by atoms with Crippen LogP contribution in [-0.2, 0) is 6.54 Å². The van der Waals surface area contributed by atoms with E-state index in [9.17, 15) is 4.79 Å². The first-order valence-electron chi connectivity index (χ1n) is 9.79. The van der Waals surface area contributed by atoms with Crippen molar-refractivity contribution >= 4 is 28.3 Å². The fourth-order valence-electron chi connectivity index (χ4n) is 3.41. The number of carbonyl (C=O) groups is 1. The molecule has 30 heavy (non-hydrogen) atoms. The molecule has 0 fully saturated rings. The summed E-state index contributed by atoms with van der Waals surface area (Å²) in [6.07, 6.45) is 0. The zero-order chi connectivity index (χ0) is 20.9. The third-order valence-corrected chi connectivity index (χ3v) is 5.25. The molecule has 4 rings (SSSR count). The minimum absolute atomic E-state index is 0.252. The number of hydrogen-bond acceptors (Lipinski definition) is 3. The number of benzene rings is 3. The Morgan fingerprint density at radius 2 is 1.77 bits per heavy atom. The smallest absolute Gasteiger partial charge is 0.256 e. The summed E-state index contributed by atoms with van der Waals surface area (Å²) in [4.78, 5) is 12.7. The molecule has 0 aliphatic rings. The Bertz CT molecular complexity index is 1170. The van der Waals surface area contributed by atoms with Crippen LogP contribution in [0.1, 0.15) is 21.6 Å². The number of nitrogens with one attached hydrogen (secondary N) is 1. The maximum Gasteiger partial charge on any atom is 0.256 e. The van der Waals surface area contributed by atoms with Crippen molar-refractivity contribution in [2.45, 2.75) is 13.5 Å². The Morgan fingerprint density at radius 3 is 2.60 bits per heavy atom. The van der Waals surface area contributed by atoms with Gasteiger partial charge in [-0.25, -0.2) is 4.68 Å². The summed E-state index contributed by atoms with van der Waals surface area (Å²) < 4.78 is 7.53. The summed E-state index contributed by atoms with van der Waals surface area (Å²) in [6.45, 7) is 3.02. The van der Waals surface area contributed by atoms with Gasteiger partial charge >= 0.3 is 0 Å². The van der Waals surface area contributed by atoms with Crippen LogP contribution in [0.25, 0.3) is 10.8 Å². The molecular weight excluding hydrogens is 398 g/mol. The van der Waals surface area contributed by atoms with Crippen molar-refractivity contribution in [2.24, 2.45) is 0 Å². The zero-order valence-electron chi connectivity index (χ0n) is 16.6. The van der Waals surface area contributed by atoms with E-state index in [-0.39, 0.29) is 5.91 Å². The van der Waals surface area contributed by atoms with Crippen LogP contribution >= 0.6 is 11.6 Å². The molecule has 0 unspecified atom stereocenters. The SMILES string of the molecule is Cc1nn(Cc2ccccc2)c(Cl)c1C(=O)NCCOc1cccc2ccccc12. The molecule has 0 atom stereocenters. The lowest BCUT2D eigenvalue weighted by Crippen LogP contribution is -2.28. The number of nitrogens with zero attached hydrogens (tertiary/aromatic N) is 2. The van der Waals surface area contributed by atoms with Gasteiger partial charge in [-0.2, -0.15) is 5.10 Å². The van der Waals surface area contributed by atoms with E-state index in [4.69, 9.17) is 16.3 Å². The van der Waals surface area contributed by atoms with Crippen molar-refractivity contribution in [1.29, 1.82) is 0 Å². The number of hydrogen-bond donors (Lipinski definition) is 1. The van der Waals surface area contributed by atoms with E-state index >= 15 is 0 Å². The van der Waals surface area contributed by atoms with Crippen molar-refractivity contribution in [3.63, 3.8) is 0 Å². The summed E-state index contributed by atoms with van der Waals surface area (Å²) in [5.74, 6) is 0.547. The number of rotatable bonds is 7. The molecule has 1 amide bonds. The molecule has 0 saturated carbocycles. The van der Waals surface area contributed by atoms with Crippen LogP contribution in [-0.4, -0.2) is 28.8 Å². The third-order valence-electron chi connectivity index (χ3n) is 4.86. The second kappa shape index (κ2) is 9.01. The number of amides is 1. The molecule has 0 spiro atoms. The summed E-state index contributed by atoms with van der Waals surface area (Å²) in [5, 5.41) is 9.81. The van der Waals surface area contributed by atoms with E-state index in [0.717, 1.165) is 22.1 Å². The summed E-state index contributed by atoms with van der Waals surface area (Å²) in [7, 11) is 0. The van der Waals surface area contributed by atoms with Gasteiger partial charge in [0.2, 0.25) is 0 Å². The highest BCUT2D eigenvalue weighted by Crippen LogP contribution is 2.25. The largest absolute Gasteiger partial charge is 0.491 e. The maximum absolute atomic E-state index is 12.7. The number of aryl methyl sites for hydroxylation is 1. The Labute approximate surface area is 180 Å². The zero-order valence-corrected chi connectivity index (χ0v) is 17.4. The van der Waals surface area contributed by atoms with Crippen LogP contribution in [0.15, 0.2) is 72.8 Å². The molecule has 0 saturated heterocycles. The number of fused-ring (bicyclic) bond motifs is 1. The lowest BCUT2D eigenvalue weighted by atomic mass is 10.1. The van der Waals surface area contributed by atoms with Gasteiger partial charge in [0.05, 0.1) is 24.3 Å². The van der Waals surface area contributed by atoms with Gasteiger partial charge in [0.1, 0.15) is 17.5 Å². The van der Waals surface area contributed by atoms with Gasteiger partial charge in [0.15, 0.2) is 0 Å². The molecule has 0 aliphatic heterocycles. The van der Waals surface area contributed by atoms with Gasteiger partial charge in [0.25, 0.3) is 5.91 Å². The van der Waals surface area contributed by atoms with E-state index in [1.165, 1.54) is 0 Å². The van der Waals surface area contributed by atoms with Crippen LogP contribution in [0.4, 0.5) is 0 Å². The average molecular weight is 420 g/mol. The number of aromatic nitrogens is 2. The Morgan fingerprint density at radius 1 is 1.03 bits per heavy atom. The Kier molecular flexibility index (Phi) is 6.00. The van der Waals surface area contributed by atoms with E-state index in [2.05, 4.69) is 10.4 Å². The van der Waals surface area contributed by atoms with E-state index < -0.39 is 0 Å². The molecule has 0 radical (unpaired) electrons. The molecular formula is C24H22ClN3O2. The lowest BCUT2D eigenvalue weighted by Gasteiger charge is -2.10. The molecule has 5 nitrogen and oxygen atoms in total. The summed E-state index contributed by atoms with van der Waals surface area (Å²) in [5.41, 5.74) is 2.07. The van der Waals surface area contributed by atoms with Gasteiger partial charge < -0.3 is 10.1 Å². The monoisotopic (exact) mass is 419 g/mol. The molecule has 4 aromatic rings. The fraction of sp³-hybridized carbons (Fsp3) is 0.167. The van der Waals surface area contributed by atoms with Crippen LogP contribution in [0.2, 0.25) is 5.15 Å². The minimum atomic E-state index is -0.252. The standard InChI is InChI=1S/C24H22ClN3O2/c1-17-22(23(25)28(27-17)16-18-8-3-2-4-9-18)24(29)26-14-15-30-21-13-7-11-19-10-5-6-12-20(19)21/h2-13H,14-16H2,1H3,(H,26,29). The average Bonchev–Trinajstić information content (AvgIpc) is 3.04. The molecule has 1 heterocycles. The number of ether oxygens (including phenoxy) is 1. The van der Waals surface area contributed by atoms with Crippen LogP contribution in [0.5, 0.6) is 5.75 Å². The van der Waals surface area contributed by atoms with Gasteiger partial charge in [-0.3, -0.25) is 4.79 Å². The highest BCUT2D eigenvalue weighted by molar-refractivity contribution is 6.33. The molecule has 1 N–H and O–H groups in total. The number of carbonyl (C=O) groups excluding carboxylic acids is 1. The highest BCUT2D eigenvalue weighted by atomic mass is 35.5. The topological polar surface area (TPSA) is 56.2 Å². The van der Waals surface area contributed by atoms with Crippen molar-refractivity contribution in [1.82, 2.24) is 15.1 Å². The Hall–Kier alpha value is -3.31. The van der Waals surface area contributed by atoms with Crippen molar-refractivity contribution in [3.05, 3.63) is 94.8 Å². The number of halogens is 1. The van der Waals surface area contributed by atoms with E-state index in [1.54, 1.807) is 11.6 Å². The first-order valence-corrected chi connectivity index (χ1v) is 10.2. The summed E-state index contributed by atoms with van der Waals surface area (Å²) >= 11 is 6.46. The molecule has 0 aliphatic carbocycles. The third kappa shape index (κ3) is 4.31. The van der Waals surface area contributed by atoms with Crippen molar-refractivity contribution in [2.75, 3.05) is 13.2 Å². The van der Waals surface area contributed by atoms with Crippen LogP contribution < -0.4 is 10.1 Å². The quantitative estimate of drug-likeness (QED) is 0.435. The first kappa shape index (κ1) is 20.0. The lowest BCUT2D eigenvalue weighted by molar-refractivity contribution is 0.0946. The van der Waals surface area contributed by atoms with Gasteiger partial charge in [-0.1, -0.05) is 78.3 Å². The predicted octanol–water partition coefficient (Wildman–Crippen LogP) is 4.86. The highest BCUT2D eigenvalue weighted by Gasteiger charge is 2.20. The molecule has 152 valence electrons. The second-order valence-corrected chi connectivity index (χ2v) is 7.33. The van der Waals surface area contributed by atoms with Crippen molar-refractivity contribution in [3.8, 4) is 5.75 Å². The van der Waals surface area contributed by atoms with E-state index in [0.29, 0.717) is 36.1 Å². The van der Waals surface area contributed by atoms with Gasteiger partial charge in [0, 0.05) is 5.39 Å². The molecule has 1 aromatic heterocycles. The summed E-state index contributed by atoms with van der Waals surface area (Å²) in [6, 6.07) is 23.8. The Balaban J connectivity index is 1.37. The maximum atomic E-state index is 12.7. The van der Waals surface area contributed by atoms with Crippen molar-refractivity contribution < 1.29 is 9.53 Å². The molecule has 6 heteroatoms. The van der Waals surface area contributed by atoms with Crippen LogP contribution in [0.3, 0.4) is 0 Å². The minimum Gasteiger partial charge on any atom is -0.491 e. The molecule has 3 aromatic carbocycles. The van der Waals surface area contributed by atoms with Gasteiger partial charge in [-0.15, -0.1) is 0 Å².